The number of carbonyl (C=O) groups is 1. The second-order valence-corrected chi connectivity index (χ2v) is 6.32. The SMILES string of the molecule is Cc1ccc(C(=O)c2[nH]c(N(C)C)nc2-c2ccc(Cl)cc2)cc1. The summed E-state index contributed by atoms with van der Waals surface area (Å²) in [6.45, 7) is 1.99. The molecule has 0 saturated heterocycles. The molecule has 0 unspecified atom stereocenters. The van der Waals surface area contributed by atoms with Crippen molar-refractivity contribution >= 4 is 23.3 Å². The Balaban J connectivity index is 2.10. The van der Waals surface area contributed by atoms with Gasteiger partial charge in [-0.1, -0.05) is 53.6 Å². The quantitative estimate of drug-likeness (QED) is 0.719. The van der Waals surface area contributed by atoms with E-state index in [4.69, 9.17) is 11.6 Å². The highest BCUT2D eigenvalue weighted by atomic mass is 35.5. The summed E-state index contributed by atoms with van der Waals surface area (Å²) >= 11 is 5.96. The second-order valence-electron chi connectivity index (χ2n) is 5.88. The zero-order chi connectivity index (χ0) is 17.3. The molecule has 0 bridgehead atoms. The number of nitrogens with one attached hydrogen (secondary N) is 1. The Hall–Kier alpha value is -2.59. The second kappa shape index (κ2) is 6.49. The van der Waals surface area contributed by atoms with E-state index in [1.54, 1.807) is 12.1 Å². The Morgan fingerprint density at radius 3 is 2.25 bits per heavy atom. The smallest absolute Gasteiger partial charge is 0.211 e. The van der Waals surface area contributed by atoms with Crippen molar-refractivity contribution in [2.45, 2.75) is 6.92 Å². The van der Waals surface area contributed by atoms with Crippen molar-refractivity contribution in [3.05, 3.63) is 70.4 Å². The van der Waals surface area contributed by atoms with Crippen LogP contribution in [-0.2, 0) is 0 Å². The molecule has 3 aromatic rings. The highest BCUT2D eigenvalue weighted by Gasteiger charge is 2.20. The lowest BCUT2D eigenvalue weighted by molar-refractivity contribution is 0.103. The molecule has 0 fully saturated rings. The minimum Gasteiger partial charge on any atom is -0.349 e. The number of imidazole rings is 1. The van der Waals surface area contributed by atoms with Crippen LogP contribution in [0.15, 0.2) is 48.5 Å². The van der Waals surface area contributed by atoms with Gasteiger partial charge in [0.1, 0.15) is 11.4 Å². The molecule has 5 heteroatoms. The molecule has 1 N–H and O–H groups in total. The maximum absolute atomic E-state index is 12.9. The monoisotopic (exact) mass is 339 g/mol. The number of anilines is 1. The average molecular weight is 340 g/mol. The molecule has 0 saturated carbocycles. The number of H-pyrrole nitrogens is 1. The maximum Gasteiger partial charge on any atom is 0.211 e. The number of benzene rings is 2. The largest absolute Gasteiger partial charge is 0.349 e. The summed E-state index contributed by atoms with van der Waals surface area (Å²) in [6.07, 6.45) is 0. The molecule has 0 atom stereocenters. The fourth-order valence-corrected chi connectivity index (χ4v) is 2.53. The van der Waals surface area contributed by atoms with E-state index in [2.05, 4.69) is 9.97 Å². The summed E-state index contributed by atoms with van der Waals surface area (Å²) in [5, 5.41) is 0.647. The van der Waals surface area contributed by atoms with Gasteiger partial charge in [0.2, 0.25) is 11.7 Å². The van der Waals surface area contributed by atoms with Gasteiger partial charge in [0.25, 0.3) is 0 Å². The summed E-state index contributed by atoms with van der Waals surface area (Å²) < 4.78 is 0. The number of hydrogen-bond donors (Lipinski definition) is 1. The van der Waals surface area contributed by atoms with E-state index in [-0.39, 0.29) is 5.78 Å². The van der Waals surface area contributed by atoms with Gasteiger partial charge in [-0.05, 0) is 19.1 Å². The third-order valence-corrected chi connectivity index (χ3v) is 4.03. The first-order valence-electron chi connectivity index (χ1n) is 7.60. The predicted molar refractivity (Wildman–Crippen MR) is 98.0 cm³/mol. The fraction of sp³-hybridized carbons (Fsp3) is 0.158. The topological polar surface area (TPSA) is 49.0 Å². The molecular formula is C19H18ClN3O. The fourth-order valence-electron chi connectivity index (χ4n) is 2.40. The van der Waals surface area contributed by atoms with Gasteiger partial charge in [-0.2, -0.15) is 0 Å². The molecule has 2 aromatic carbocycles. The Morgan fingerprint density at radius 1 is 1.04 bits per heavy atom. The van der Waals surface area contributed by atoms with E-state index >= 15 is 0 Å². The first-order chi connectivity index (χ1) is 11.5. The zero-order valence-electron chi connectivity index (χ0n) is 13.8. The molecule has 4 nitrogen and oxygen atoms in total. The normalized spacial score (nSPS) is 10.7. The van der Waals surface area contributed by atoms with Gasteiger partial charge in [0.05, 0.1) is 0 Å². The van der Waals surface area contributed by atoms with Gasteiger partial charge in [0.15, 0.2) is 0 Å². The van der Waals surface area contributed by atoms with Crippen LogP contribution in [-0.4, -0.2) is 29.8 Å². The number of aryl methyl sites for hydroxylation is 1. The van der Waals surface area contributed by atoms with Crippen LogP contribution in [0.2, 0.25) is 5.02 Å². The molecule has 24 heavy (non-hydrogen) atoms. The molecular weight excluding hydrogens is 322 g/mol. The number of aromatic nitrogens is 2. The van der Waals surface area contributed by atoms with Gasteiger partial charge in [-0.15, -0.1) is 0 Å². The highest BCUT2D eigenvalue weighted by Crippen LogP contribution is 2.27. The third kappa shape index (κ3) is 3.19. The van der Waals surface area contributed by atoms with Crippen LogP contribution in [0.1, 0.15) is 21.6 Å². The molecule has 0 spiro atoms. The van der Waals surface area contributed by atoms with Crippen LogP contribution in [0.4, 0.5) is 5.95 Å². The van der Waals surface area contributed by atoms with E-state index in [9.17, 15) is 4.79 Å². The lowest BCUT2D eigenvalue weighted by atomic mass is 10.0. The molecule has 1 aromatic heterocycles. The minimum atomic E-state index is -0.0828. The van der Waals surface area contributed by atoms with Crippen LogP contribution in [0, 0.1) is 6.92 Å². The number of carbonyl (C=O) groups excluding carboxylic acids is 1. The lowest BCUT2D eigenvalue weighted by Gasteiger charge is -2.06. The standard InChI is InChI=1S/C19H18ClN3O/c1-12-4-6-14(7-5-12)18(24)17-16(21-19(22-17)23(2)3)13-8-10-15(20)11-9-13/h4-11H,1-3H3,(H,21,22). The highest BCUT2D eigenvalue weighted by molar-refractivity contribution is 6.30. The van der Waals surface area contributed by atoms with Crippen LogP contribution < -0.4 is 4.90 Å². The van der Waals surface area contributed by atoms with Crippen LogP contribution >= 0.6 is 11.6 Å². The lowest BCUT2D eigenvalue weighted by Crippen LogP contribution is -2.10. The molecule has 122 valence electrons. The summed E-state index contributed by atoms with van der Waals surface area (Å²) in [6, 6.07) is 14.8. The minimum absolute atomic E-state index is 0.0828. The average Bonchev–Trinajstić information content (AvgIpc) is 3.01. The van der Waals surface area contributed by atoms with E-state index in [0.717, 1.165) is 11.1 Å². The molecule has 0 aliphatic carbocycles. The number of ketones is 1. The van der Waals surface area contributed by atoms with Crippen molar-refractivity contribution in [2.75, 3.05) is 19.0 Å². The van der Waals surface area contributed by atoms with Gasteiger partial charge in [0, 0.05) is 30.2 Å². The molecule has 0 aliphatic rings. The number of hydrogen-bond acceptors (Lipinski definition) is 3. The number of aromatic amines is 1. The maximum atomic E-state index is 12.9. The number of rotatable bonds is 4. The van der Waals surface area contributed by atoms with Gasteiger partial charge >= 0.3 is 0 Å². The van der Waals surface area contributed by atoms with Crippen LogP contribution in [0.25, 0.3) is 11.3 Å². The summed E-state index contributed by atoms with van der Waals surface area (Å²) in [7, 11) is 3.76. The van der Waals surface area contributed by atoms with Crippen molar-refractivity contribution in [3.63, 3.8) is 0 Å². The Bertz CT molecular complexity index is 865. The van der Waals surface area contributed by atoms with Gasteiger partial charge in [-0.3, -0.25) is 4.79 Å². The van der Waals surface area contributed by atoms with E-state index in [1.165, 1.54) is 0 Å². The van der Waals surface area contributed by atoms with E-state index in [1.807, 2.05) is 62.3 Å². The van der Waals surface area contributed by atoms with E-state index < -0.39 is 0 Å². The van der Waals surface area contributed by atoms with Crippen molar-refractivity contribution in [1.82, 2.24) is 9.97 Å². The molecule has 0 amide bonds. The number of halogens is 1. The van der Waals surface area contributed by atoms with Crippen molar-refractivity contribution in [2.24, 2.45) is 0 Å². The first kappa shape index (κ1) is 16.3. The van der Waals surface area contributed by atoms with Crippen molar-refractivity contribution < 1.29 is 4.79 Å². The Morgan fingerprint density at radius 2 is 1.67 bits per heavy atom. The third-order valence-electron chi connectivity index (χ3n) is 3.77. The molecule has 1 heterocycles. The Kier molecular flexibility index (Phi) is 4.40. The van der Waals surface area contributed by atoms with Gasteiger partial charge in [-0.25, -0.2) is 4.98 Å². The first-order valence-corrected chi connectivity index (χ1v) is 7.98. The molecule has 0 aliphatic heterocycles. The summed E-state index contributed by atoms with van der Waals surface area (Å²) in [4.78, 5) is 22.5. The predicted octanol–water partition coefficient (Wildman–Crippen LogP) is 4.34. The van der Waals surface area contributed by atoms with Crippen molar-refractivity contribution in [1.29, 1.82) is 0 Å². The molecule has 3 rings (SSSR count). The Labute approximate surface area is 146 Å². The van der Waals surface area contributed by atoms with Gasteiger partial charge < -0.3 is 9.88 Å². The number of nitrogens with zero attached hydrogens (tertiary/aromatic N) is 2. The molecule has 0 radical (unpaired) electrons. The van der Waals surface area contributed by atoms with Crippen LogP contribution in [0.5, 0.6) is 0 Å². The van der Waals surface area contributed by atoms with E-state index in [0.29, 0.717) is 27.9 Å². The van der Waals surface area contributed by atoms with Crippen LogP contribution in [0.3, 0.4) is 0 Å². The summed E-state index contributed by atoms with van der Waals surface area (Å²) in [5.41, 5.74) is 3.69. The zero-order valence-corrected chi connectivity index (χ0v) is 14.6. The van der Waals surface area contributed by atoms with Crippen molar-refractivity contribution in [3.8, 4) is 11.3 Å². The summed E-state index contributed by atoms with van der Waals surface area (Å²) in [5.74, 6) is 0.552.